The average Bonchev–Trinajstić information content (AvgIpc) is 2.33. The van der Waals surface area contributed by atoms with Crippen LogP contribution in [0.3, 0.4) is 0 Å². The number of hydrogen-bond acceptors (Lipinski definition) is 3. The van der Waals surface area contributed by atoms with Crippen LogP contribution in [0.15, 0.2) is 18.1 Å². The van der Waals surface area contributed by atoms with E-state index in [1.54, 1.807) is 0 Å². The maximum absolute atomic E-state index is 11.6. The minimum absolute atomic E-state index is 0.0767. The first-order chi connectivity index (χ1) is 7.83. The Bertz CT molecular complexity index is 230. The van der Waals surface area contributed by atoms with E-state index in [1.165, 1.54) is 6.08 Å². The summed E-state index contributed by atoms with van der Waals surface area (Å²) in [5.74, 6) is 0. The Balaban J connectivity index is 2.00. The molecule has 2 atom stereocenters. The maximum atomic E-state index is 11.6. The van der Waals surface area contributed by atoms with Crippen LogP contribution in [-0.4, -0.2) is 30.7 Å². The molecule has 0 bridgehead atoms. The van der Waals surface area contributed by atoms with Crippen LogP contribution in [-0.2, 0) is 9.47 Å². The van der Waals surface area contributed by atoms with E-state index < -0.39 is 6.10 Å². The van der Waals surface area contributed by atoms with Gasteiger partial charge in [0.25, 0.3) is 0 Å². The van der Waals surface area contributed by atoms with Crippen LogP contribution in [0.2, 0.25) is 0 Å². The molecule has 4 heteroatoms. The van der Waals surface area contributed by atoms with Gasteiger partial charge < -0.3 is 14.6 Å². The van der Waals surface area contributed by atoms with Gasteiger partial charge in [-0.15, -0.1) is 0 Å². The monoisotopic (exact) mass is 230 g/mol. The molecule has 0 spiro atoms. The Hall–Kier alpha value is -0.670. The van der Waals surface area contributed by atoms with Gasteiger partial charge in [-0.2, -0.15) is 0 Å². The number of rotatable bonds is 6. The molecule has 0 radical (unpaired) electrons. The van der Waals surface area contributed by atoms with Crippen LogP contribution in [0.5, 0.6) is 0 Å². The third-order valence-electron chi connectivity index (χ3n) is 2.44. The van der Waals surface area contributed by atoms with Gasteiger partial charge in [0.2, 0.25) is 0 Å². The predicted octanol–water partition coefficient (Wildman–Crippen LogP) is 2.31. The zero-order valence-electron chi connectivity index (χ0n) is 9.40. The summed E-state index contributed by atoms with van der Waals surface area (Å²) in [7, 11) is 0. The topological polar surface area (TPSA) is 38.7 Å². The SMILES string of the molecule is OC(C=C=CF)CCCOC1CCCCO1. The highest BCUT2D eigenvalue weighted by Crippen LogP contribution is 2.14. The Morgan fingerprint density at radius 1 is 1.56 bits per heavy atom. The summed E-state index contributed by atoms with van der Waals surface area (Å²) >= 11 is 0. The van der Waals surface area contributed by atoms with Crippen molar-refractivity contribution < 1.29 is 19.0 Å². The van der Waals surface area contributed by atoms with E-state index in [1.807, 2.05) is 0 Å². The van der Waals surface area contributed by atoms with Crippen molar-refractivity contribution in [3.8, 4) is 0 Å². The van der Waals surface area contributed by atoms with Crippen molar-refractivity contribution >= 4 is 0 Å². The summed E-state index contributed by atoms with van der Waals surface area (Å²) in [6.07, 6.45) is 5.35. The zero-order chi connectivity index (χ0) is 11.6. The molecule has 1 fully saturated rings. The second kappa shape index (κ2) is 8.48. The molecule has 0 aromatic rings. The number of ether oxygens (including phenoxy) is 2. The molecule has 0 aliphatic carbocycles. The van der Waals surface area contributed by atoms with Crippen LogP contribution in [0.1, 0.15) is 32.1 Å². The van der Waals surface area contributed by atoms with Gasteiger partial charge in [-0.1, -0.05) is 5.73 Å². The molecule has 2 unspecified atom stereocenters. The normalized spacial score (nSPS) is 22.2. The van der Waals surface area contributed by atoms with Gasteiger partial charge in [-0.25, -0.2) is 4.39 Å². The number of aliphatic hydroxyl groups excluding tert-OH is 1. The summed E-state index contributed by atoms with van der Waals surface area (Å²) in [6.45, 7) is 1.34. The highest BCUT2D eigenvalue weighted by molar-refractivity contribution is 4.85. The molecule has 1 heterocycles. The lowest BCUT2D eigenvalue weighted by molar-refractivity contribution is -0.163. The first-order valence-electron chi connectivity index (χ1n) is 5.75. The van der Waals surface area contributed by atoms with Crippen LogP contribution in [0.4, 0.5) is 4.39 Å². The molecule has 1 N–H and O–H groups in total. The molecule has 0 amide bonds. The fourth-order valence-electron chi connectivity index (χ4n) is 1.58. The molecule has 0 saturated carbocycles. The van der Waals surface area contributed by atoms with Crippen LogP contribution in [0.25, 0.3) is 0 Å². The number of halogens is 1. The van der Waals surface area contributed by atoms with Crippen molar-refractivity contribution in [3.05, 3.63) is 18.1 Å². The zero-order valence-corrected chi connectivity index (χ0v) is 9.40. The highest BCUT2D eigenvalue weighted by atomic mass is 19.1. The molecule has 0 aromatic heterocycles. The maximum Gasteiger partial charge on any atom is 0.157 e. The van der Waals surface area contributed by atoms with Crippen molar-refractivity contribution in [2.75, 3.05) is 13.2 Å². The van der Waals surface area contributed by atoms with Gasteiger partial charge in [0, 0.05) is 13.2 Å². The van der Waals surface area contributed by atoms with E-state index in [0.29, 0.717) is 13.0 Å². The van der Waals surface area contributed by atoms with Gasteiger partial charge in [0.1, 0.15) is 6.33 Å². The lowest BCUT2D eigenvalue weighted by Gasteiger charge is -2.22. The van der Waals surface area contributed by atoms with E-state index >= 15 is 0 Å². The molecule has 16 heavy (non-hydrogen) atoms. The summed E-state index contributed by atoms with van der Waals surface area (Å²) in [6, 6.07) is 0. The Morgan fingerprint density at radius 2 is 2.44 bits per heavy atom. The fraction of sp³-hybridized carbons (Fsp3) is 0.750. The lowest BCUT2D eigenvalue weighted by atomic mass is 10.2. The van der Waals surface area contributed by atoms with Crippen LogP contribution in [0, 0.1) is 0 Å². The minimum Gasteiger partial charge on any atom is -0.388 e. The van der Waals surface area contributed by atoms with Gasteiger partial charge in [0.15, 0.2) is 6.29 Å². The van der Waals surface area contributed by atoms with Crippen molar-refractivity contribution in [2.45, 2.75) is 44.5 Å². The molecule has 92 valence electrons. The highest BCUT2D eigenvalue weighted by Gasteiger charge is 2.13. The quantitative estimate of drug-likeness (QED) is 0.562. The molecule has 1 rings (SSSR count). The predicted molar refractivity (Wildman–Crippen MR) is 58.5 cm³/mol. The molecule has 1 saturated heterocycles. The number of hydrogen-bond donors (Lipinski definition) is 1. The van der Waals surface area contributed by atoms with E-state index in [2.05, 4.69) is 5.73 Å². The molecule has 1 aliphatic rings. The van der Waals surface area contributed by atoms with Gasteiger partial charge >= 0.3 is 0 Å². The van der Waals surface area contributed by atoms with E-state index in [0.717, 1.165) is 32.3 Å². The van der Waals surface area contributed by atoms with Crippen molar-refractivity contribution in [3.63, 3.8) is 0 Å². The Labute approximate surface area is 95.6 Å². The lowest BCUT2D eigenvalue weighted by Crippen LogP contribution is -2.22. The largest absolute Gasteiger partial charge is 0.388 e. The molecular weight excluding hydrogens is 211 g/mol. The van der Waals surface area contributed by atoms with E-state index in [-0.39, 0.29) is 12.6 Å². The minimum atomic E-state index is -0.650. The van der Waals surface area contributed by atoms with E-state index in [4.69, 9.17) is 9.47 Å². The van der Waals surface area contributed by atoms with Gasteiger partial charge in [-0.3, -0.25) is 0 Å². The van der Waals surface area contributed by atoms with E-state index in [9.17, 15) is 9.50 Å². The van der Waals surface area contributed by atoms with Gasteiger partial charge in [-0.05, 0) is 38.2 Å². The second-order valence-electron chi connectivity index (χ2n) is 3.82. The third kappa shape index (κ3) is 6.03. The summed E-state index contributed by atoms with van der Waals surface area (Å²) in [4.78, 5) is 0. The first-order valence-corrected chi connectivity index (χ1v) is 5.75. The second-order valence-corrected chi connectivity index (χ2v) is 3.82. The average molecular weight is 230 g/mol. The van der Waals surface area contributed by atoms with Crippen molar-refractivity contribution in [1.29, 1.82) is 0 Å². The van der Waals surface area contributed by atoms with Crippen LogP contribution >= 0.6 is 0 Å². The standard InChI is InChI=1S/C12H19FO3/c13-8-3-5-11(14)6-4-10-16-12-7-1-2-9-15-12/h5,8,11-12,14H,1-2,4,6-7,9-10H2. The molecular formula is C12H19FO3. The Morgan fingerprint density at radius 3 is 3.12 bits per heavy atom. The summed E-state index contributed by atoms with van der Waals surface area (Å²) in [5, 5.41) is 9.33. The van der Waals surface area contributed by atoms with Gasteiger partial charge in [0.05, 0.1) is 6.10 Å². The fourth-order valence-corrected chi connectivity index (χ4v) is 1.58. The number of aliphatic hydroxyl groups is 1. The summed E-state index contributed by atoms with van der Waals surface area (Å²) in [5.41, 5.74) is 2.21. The molecule has 0 aromatic carbocycles. The molecule has 1 aliphatic heterocycles. The third-order valence-corrected chi connectivity index (χ3v) is 2.44. The smallest absolute Gasteiger partial charge is 0.157 e. The first kappa shape index (κ1) is 13.4. The summed E-state index contributed by atoms with van der Waals surface area (Å²) < 4.78 is 22.4. The van der Waals surface area contributed by atoms with Crippen molar-refractivity contribution in [2.24, 2.45) is 0 Å². The van der Waals surface area contributed by atoms with Crippen LogP contribution < -0.4 is 0 Å². The Kier molecular flexibility index (Phi) is 7.10. The molecule has 3 nitrogen and oxygen atoms in total. The van der Waals surface area contributed by atoms with Crippen molar-refractivity contribution in [1.82, 2.24) is 0 Å².